The lowest BCUT2D eigenvalue weighted by Gasteiger charge is -2.11. The maximum absolute atomic E-state index is 12.0. The number of nitrogens with one attached hydrogen (secondary N) is 2. The molecule has 2 N–H and O–H groups in total. The second-order valence-electron chi connectivity index (χ2n) is 4.62. The Morgan fingerprint density at radius 2 is 2.05 bits per heavy atom. The molecule has 20 heavy (non-hydrogen) atoms. The number of sulfonamides is 1. The number of hydrogen-bond donors (Lipinski definition) is 2. The largest absolute Gasteiger partial charge is 0.314 e. The number of nitriles is 1. The average molecular weight is 316 g/mol. The van der Waals surface area contributed by atoms with Gasteiger partial charge in [0.15, 0.2) is 0 Å². The van der Waals surface area contributed by atoms with Crippen molar-refractivity contribution in [2.75, 3.05) is 13.1 Å². The molecule has 2 rings (SSSR count). The Labute approximate surface area is 125 Å². The number of nitrogens with zero attached hydrogens (tertiary/aromatic N) is 1. The van der Waals surface area contributed by atoms with Gasteiger partial charge < -0.3 is 5.32 Å². The van der Waals surface area contributed by atoms with E-state index in [0.717, 1.165) is 25.8 Å². The normalized spacial score (nSPS) is 18.2. The van der Waals surface area contributed by atoms with Gasteiger partial charge in [-0.3, -0.25) is 0 Å². The maximum atomic E-state index is 12.0. The molecule has 0 aromatic heterocycles. The first-order chi connectivity index (χ1) is 9.12. The number of benzene rings is 1. The van der Waals surface area contributed by atoms with Crippen LogP contribution in [0.5, 0.6) is 0 Å². The van der Waals surface area contributed by atoms with E-state index in [9.17, 15) is 8.42 Å². The molecule has 1 fully saturated rings. The summed E-state index contributed by atoms with van der Waals surface area (Å²) in [4.78, 5) is 0.200. The molecule has 1 saturated heterocycles. The van der Waals surface area contributed by atoms with E-state index in [2.05, 4.69) is 10.0 Å². The van der Waals surface area contributed by atoms with E-state index in [0.29, 0.717) is 18.2 Å². The van der Waals surface area contributed by atoms with Gasteiger partial charge in [-0.05, 0) is 50.1 Å². The van der Waals surface area contributed by atoms with Crippen molar-refractivity contribution in [1.29, 1.82) is 5.26 Å². The summed E-state index contributed by atoms with van der Waals surface area (Å²) in [6.07, 6.45) is 3.07. The molecule has 1 aliphatic heterocycles. The van der Waals surface area contributed by atoms with Gasteiger partial charge in [-0.2, -0.15) is 5.26 Å². The molecule has 1 atom stereocenters. The fourth-order valence-corrected chi connectivity index (χ4v) is 3.21. The van der Waals surface area contributed by atoms with E-state index >= 15 is 0 Å². The summed E-state index contributed by atoms with van der Waals surface area (Å²) >= 11 is 0. The van der Waals surface area contributed by atoms with E-state index in [1.165, 1.54) is 24.3 Å². The standard InChI is InChI=1S/C13H17N3O2S.ClH/c14-10-11-3-5-13(6-4-11)19(17,18)16-9-7-12-2-1-8-15-12;/h3-6,12,15-16H,1-2,7-9H2;1H/t12-;/m1./s1. The first kappa shape index (κ1) is 16.9. The highest BCUT2D eigenvalue weighted by Crippen LogP contribution is 2.11. The van der Waals surface area contributed by atoms with Crippen molar-refractivity contribution in [2.45, 2.75) is 30.2 Å². The van der Waals surface area contributed by atoms with Gasteiger partial charge >= 0.3 is 0 Å². The molecule has 0 saturated carbocycles. The lowest BCUT2D eigenvalue weighted by molar-refractivity contribution is 0.539. The number of halogens is 1. The van der Waals surface area contributed by atoms with Crippen LogP contribution in [0.4, 0.5) is 0 Å². The molecular weight excluding hydrogens is 298 g/mol. The zero-order chi connectivity index (χ0) is 13.7. The molecule has 1 heterocycles. The van der Waals surface area contributed by atoms with E-state index in [4.69, 9.17) is 5.26 Å². The second-order valence-corrected chi connectivity index (χ2v) is 6.38. The Morgan fingerprint density at radius 1 is 1.35 bits per heavy atom. The minimum absolute atomic E-state index is 0. The van der Waals surface area contributed by atoms with Gasteiger partial charge in [0.25, 0.3) is 0 Å². The summed E-state index contributed by atoms with van der Waals surface area (Å²) in [5.74, 6) is 0. The van der Waals surface area contributed by atoms with E-state index in [-0.39, 0.29) is 17.3 Å². The summed E-state index contributed by atoms with van der Waals surface area (Å²) in [5.41, 5.74) is 0.453. The quantitative estimate of drug-likeness (QED) is 0.860. The first-order valence-corrected chi connectivity index (χ1v) is 7.83. The van der Waals surface area contributed by atoms with Gasteiger partial charge in [-0.25, -0.2) is 13.1 Å². The van der Waals surface area contributed by atoms with Crippen LogP contribution < -0.4 is 10.0 Å². The number of hydrogen-bond acceptors (Lipinski definition) is 4. The van der Waals surface area contributed by atoms with Crippen LogP contribution in [0.25, 0.3) is 0 Å². The molecule has 0 unspecified atom stereocenters. The molecule has 0 spiro atoms. The Balaban J connectivity index is 0.00000200. The molecule has 0 bridgehead atoms. The fraction of sp³-hybridized carbons (Fsp3) is 0.462. The van der Waals surface area contributed by atoms with Gasteiger partial charge in [0.2, 0.25) is 10.0 Å². The Bertz CT molecular complexity index is 560. The van der Waals surface area contributed by atoms with E-state index in [1.807, 2.05) is 6.07 Å². The average Bonchev–Trinajstić information content (AvgIpc) is 2.92. The van der Waals surface area contributed by atoms with Gasteiger partial charge in [0.1, 0.15) is 0 Å². The highest BCUT2D eigenvalue weighted by atomic mass is 35.5. The molecular formula is C13H18ClN3O2S. The van der Waals surface area contributed by atoms with Crippen LogP contribution >= 0.6 is 12.4 Å². The molecule has 5 nitrogen and oxygen atoms in total. The third kappa shape index (κ3) is 4.46. The predicted molar refractivity (Wildman–Crippen MR) is 79.2 cm³/mol. The highest BCUT2D eigenvalue weighted by Gasteiger charge is 2.17. The van der Waals surface area contributed by atoms with Gasteiger partial charge in [0, 0.05) is 12.6 Å². The Kier molecular flexibility index (Phi) is 6.43. The summed E-state index contributed by atoms with van der Waals surface area (Å²) in [6, 6.07) is 8.30. The summed E-state index contributed by atoms with van der Waals surface area (Å²) in [7, 11) is -3.46. The number of rotatable bonds is 5. The lowest BCUT2D eigenvalue weighted by Crippen LogP contribution is -2.30. The molecule has 0 radical (unpaired) electrons. The third-order valence-corrected chi connectivity index (χ3v) is 4.72. The molecule has 0 amide bonds. The zero-order valence-corrected chi connectivity index (χ0v) is 12.6. The summed E-state index contributed by atoms with van der Waals surface area (Å²) in [6.45, 7) is 1.45. The van der Waals surface area contributed by atoms with Crippen LogP contribution in [-0.4, -0.2) is 27.5 Å². The smallest absolute Gasteiger partial charge is 0.240 e. The molecule has 1 aliphatic rings. The highest BCUT2D eigenvalue weighted by molar-refractivity contribution is 7.89. The van der Waals surface area contributed by atoms with Crippen molar-refractivity contribution in [3.8, 4) is 6.07 Å². The minimum Gasteiger partial charge on any atom is -0.314 e. The van der Waals surface area contributed by atoms with Gasteiger partial charge in [-0.1, -0.05) is 0 Å². The Morgan fingerprint density at radius 3 is 2.60 bits per heavy atom. The van der Waals surface area contributed by atoms with Crippen molar-refractivity contribution in [3.63, 3.8) is 0 Å². The van der Waals surface area contributed by atoms with Gasteiger partial charge in [-0.15, -0.1) is 12.4 Å². The van der Waals surface area contributed by atoms with Crippen LogP contribution in [0.1, 0.15) is 24.8 Å². The second kappa shape index (κ2) is 7.60. The zero-order valence-electron chi connectivity index (χ0n) is 11.0. The molecule has 1 aromatic carbocycles. The summed E-state index contributed by atoms with van der Waals surface area (Å²) < 4.78 is 26.6. The van der Waals surface area contributed by atoms with Crippen LogP contribution in [0.15, 0.2) is 29.2 Å². The first-order valence-electron chi connectivity index (χ1n) is 6.35. The van der Waals surface area contributed by atoms with Crippen LogP contribution in [0.2, 0.25) is 0 Å². The molecule has 7 heteroatoms. The van der Waals surface area contributed by atoms with Gasteiger partial charge in [0.05, 0.1) is 16.5 Å². The van der Waals surface area contributed by atoms with Crippen molar-refractivity contribution in [2.24, 2.45) is 0 Å². The fourth-order valence-electron chi connectivity index (χ4n) is 2.16. The molecule has 110 valence electrons. The van der Waals surface area contributed by atoms with E-state index in [1.54, 1.807) is 0 Å². The van der Waals surface area contributed by atoms with Crippen LogP contribution in [0, 0.1) is 11.3 Å². The lowest BCUT2D eigenvalue weighted by atomic mass is 10.2. The Hall–Kier alpha value is -1.13. The van der Waals surface area contributed by atoms with Crippen molar-refractivity contribution in [3.05, 3.63) is 29.8 Å². The molecule has 0 aliphatic carbocycles. The van der Waals surface area contributed by atoms with Crippen molar-refractivity contribution in [1.82, 2.24) is 10.0 Å². The van der Waals surface area contributed by atoms with Crippen LogP contribution in [-0.2, 0) is 10.0 Å². The molecule has 1 aromatic rings. The van der Waals surface area contributed by atoms with E-state index < -0.39 is 10.0 Å². The van der Waals surface area contributed by atoms with Crippen molar-refractivity contribution < 1.29 is 8.42 Å². The third-order valence-electron chi connectivity index (χ3n) is 3.24. The topological polar surface area (TPSA) is 82.0 Å². The monoisotopic (exact) mass is 315 g/mol. The summed E-state index contributed by atoms with van der Waals surface area (Å²) in [5, 5.41) is 12.0. The maximum Gasteiger partial charge on any atom is 0.240 e. The van der Waals surface area contributed by atoms with Crippen LogP contribution in [0.3, 0.4) is 0 Å². The minimum atomic E-state index is -3.46. The van der Waals surface area contributed by atoms with Crippen molar-refractivity contribution >= 4 is 22.4 Å². The predicted octanol–water partition coefficient (Wildman–Crippen LogP) is 1.40. The SMILES string of the molecule is Cl.N#Cc1ccc(S(=O)(=O)NCC[C@H]2CCCN2)cc1.